The van der Waals surface area contributed by atoms with Crippen molar-refractivity contribution in [2.45, 2.75) is 30.9 Å². The number of hydrogen-bond donors (Lipinski definition) is 1. The highest BCUT2D eigenvalue weighted by atomic mass is 35.5. The number of rotatable bonds is 9. The van der Waals surface area contributed by atoms with Gasteiger partial charge >= 0.3 is 5.97 Å². The number of piperazine rings is 1. The van der Waals surface area contributed by atoms with Crippen LogP contribution in [0.1, 0.15) is 18.9 Å². The second kappa shape index (κ2) is 11.6. The molecule has 1 aliphatic heterocycles. The van der Waals surface area contributed by atoms with Crippen LogP contribution in [0.2, 0.25) is 5.02 Å². The third-order valence-electron chi connectivity index (χ3n) is 5.32. The zero-order chi connectivity index (χ0) is 23.8. The van der Waals surface area contributed by atoms with Crippen LogP contribution in [0, 0.1) is 0 Å². The Labute approximate surface area is 199 Å². The number of ether oxygens (including phenoxy) is 1. The summed E-state index contributed by atoms with van der Waals surface area (Å²) in [6, 6.07) is 16.0. The van der Waals surface area contributed by atoms with Crippen LogP contribution in [0.4, 0.5) is 0 Å². The monoisotopic (exact) mass is 493 g/mol. The summed E-state index contributed by atoms with van der Waals surface area (Å²) in [6.07, 6.45) is -1.12. The number of halogens is 1. The Bertz CT molecular complexity index is 1060. The molecule has 0 saturated carbocycles. The van der Waals surface area contributed by atoms with E-state index in [1.54, 1.807) is 11.0 Å². The Hall–Kier alpha value is -2.46. The molecule has 1 unspecified atom stereocenters. The standard InChI is InChI=1S/C23H28ClN3O5S/c1-18(23(29)27-14-12-26(13-15-27)17-19-6-3-2-4-7-19)32-22(28)10-11-25-33(30,31)21-9-5-8-20(24)16-21/h2-9,16,18,25H,10-15,17H2,1H3. The van der Waals surface area contributed by atoms with Crippen LogP contribution in [0.5, 0.6) is 0 Å². The van der Waals surface area contributed by atoms with Crippen LogP contribution < -0.4 is 4.72 Å². The molecule has 0 spiro atoms. The number of carbonyl (C=O) groups is 2. The number of carbonyl (C=O) groups excluding carboxylic acids is 2. The van der Waals surface area contributed by atoms with E-state index in [-0.39, 0.29) is 23.8 Å². The molecule has 1 heterocycles. The molecule has 1 fully saturated rings. The smallest absolute Gasteiger partial charge is 0.307 e. The van der Waals surface area contributed by atoms with Crippen molar-refractivity contribution >= 4 is 33.5 Å². The predicted molar refractivity (Wildman–Crippen MR) is 125 cm³/mol. The van der Waals surface area contributed by atoms with Crippen LogP contribution in [-0.2, 0) is 30.9 Å². The molecule has 1 amide bonds. The minimum Gasteiger partial charge on any atom is -0.452 e. The topological polar surface area (TPSA) is 96.0 Å². The summed E-state index contributed by atoms with van der Waals surface area (Å²) in [5, 5.41) is 0.297. The average Bonchev–Trinajstić information content (AvgIpc) is 2.79. The summed E-state index contributed by atoms with van der Waals surface area (Å²) in [4.78, 5) is 28.8. The first kappa shape index (κ1) is 25.2. The molecule has 33 heavy (non-hydrogen) atoms. The Morgan fingerprint density at radius 3 is 2.42 bits per heavy atom. The Morgan fingerprint density at radius 1 is 1.06 bits per heavy atom. The van der Waals surface area contributed by atoms with Crippen LogP contribution in [0.3, 0.4) is 0 Å². The van der Waals surface area contributed by atoms with E-state index in [9.17, 15) is 18.0 Å². The molecule has 10 heteroatoms. The van der Waals surface area contributed by atoms with Gasteiger partial charge in [-0.1, -0.05) is 48.0 Å². The highest BCUT2D eigenvalue weighted by molar-refractivity contribution is 7.89. The van der Waals surface area contributed by atoms with Gasteiger partial charge in [-0.2, -0.15) is 0 Å². The van der Waals surface area contributed by atoms with Crippen molar-refractivity contribution in [1.82, 2.24) is 14.5 Å². The summed E-state index contributed by atoms with van der Waals surface area (Å²) in [6.45, 7) is 4.83. The molecule has 1 atom stereocenters. The van der Waals surface area contributed by atoms with E-state index in [0.717, 1.165) is 19.6 Å². The van der Waals surface area contributed by atoms with E-state index in [2.05, 4.69) is 21.8 Å². The molecule has 0 aromatic heterocycles. The van der Waals surface area contributed by atoms with Crippen molar-refractivity contribution in [2.75, 3.05) is 32.7 Å². The van der Waals surface area contributed by atoms with Crippen LogP contribution >= 0.6 is 11.6 Å². The molecule has 2 aromatic carbocycles. The van der Waals surface area contributed by atoms with Crippen LogP contribution in [0.15, 0.2) is 59.5 Å². The third kappa shape index (κ3) is 7.53. The SMILES string of the molecule is CC(OC(=O)CCNS(=O)(=O)c1cccc(Cl)c1)C(=O)N1CCN(Cc2ccccc2)CC1. The quantitative estimate of drug-likeness (QED) is 0.538. The van der Waals surface area contributed by atoms with E-state index < -0.39 is 22.1 Å². The van der Waals surface area contributed by atoms with E-state index >= 15 is 0 Å². The maximum absolute atomic E-state index is 12.7. The van der Waals surface area contributed by atoms with Gasteiger partial charge in [0.15, 0.2) is 6.10 Å². The molecule has 1 aliphatic rings. The Kier molecular flexibility index (Phi) is 8.85. The normalized spacial score (nSPS) is 15.8. The number of hydrogen-bond acceptors (Lipinski definition) is 6. The third-order valence-corrected chi connectivity index (χ3v) is 7.01. The lowest BCUT2D eigenvalue weighted by atomic mass is 10.2. The summed E-state index contributed by atoms with van der Waals surface area (Å²) < 4.78 is 32.1. The second-order valence-electron chi connectivity index (χ2n) is 7.82. The molecule has 178 valence electrons. The minimum atomic E-state index is -3.79. The van der Waals surface area contributed by atoms with E-state index in [1.807, 2.05) is 18.2 Å². The van der Waals surface area contributed by atoms with E-state index in [4.69, 9.17) is 16.3 Å². The minimum absolute atomic E-state index is 0.0123. The first-order valence-electron chi connectivity index (χ1n) is 10.7. The van der Waals surface area contributed by atoms with Crippen LogP contribution in [0.25, 0.3) is 0 Å². The molecule has 0 radical (unpaired) electrons. The number of esters is 1. The van der Waals surface area contributed by atoms with Gasteiger partial charge in [0.25, 0.3) is 5.91 Å². The molecule has 8 nitrogen and oxygen atoms in total. The summed E-state index contributed by atoms with van der Waals surface area (Å²) in [5.41, 5.74) is 1.23. The van der Waals surface area contributed by atoms with E-state index in [0.29, 0.717) is 18.1 Å². The lowest BCUT2D eigenvalue weighted by molar-refractivity contribution is -0.159. The molecule has 3 rings (SSSR count). The lowest BCUT2D eigenvalue weighted by Crippen LogP contribution is -2.51. The van der Waals surface area contributed by atoms with Crippen molar-refractivity contribution in [1.29, 1.82) is 0 Å². The number of amides is 1. The first-order chi connectivity index (χ1) is 15.7. The largest absolute Gasteiger partial charge is 0.452 e. The van der Waals surface area contributed by atoms with Gasteiger partial charge in [0, 0.05) is 44.3 Å². The van der Waals surface area contributed by atoms with Gasteiger partial charge in [0.2, 0.25) is 10.0 Å². The summed E-state index contributed by atoms with van der Waals surface area (Å²) >= 11 is 5.83. The molecular weight excluding hydrogens is 466 g/mol. The molecule has 0 aliphatic carbocycles. The summed E-state index contributed by atoms with van der Waals surface area (Å²) in [7, 11) is -3.79. The number of sulfonamides is 1. The van der Waals surface area contributed by atoms with Crippen molar-refractivity contribution in [2.24, 2.45) is 0 Å². The fraction of sp³-hybridized carbons (Fsp3) is 0.391. The van der Waals surface area contributed by atoms with Gasteiger partial charge in [0.05, 0.1) is 11.3 Å². The first-order valence-corrected chi connectivity index (χ1v) is 12.6. The van der Waals surface area contributed by atoms with Gasteiger partial charge in [-0.15, -0.1) is 0 Å². The highest BCUT2D eigenvalue weighted by Gasteiger charge is 2.27. The van der Waals surface area contributed by atoms with Crippen molar-refractivity contribution in [3.8, 4) is 0 Å². The number of benzene rings is 2. The van der Waals surface area contributed by atoms with Gasteiger partial charge in [0.1, 0.15) is 0 Å². The number of nitrogens with one attached hydrogen (secondary N) is 1. The predicted octanol–water partition coefficient (Wildman–Crippen LogP) is 2.28. The maximum Gasteiger partial charge on any atom is 0.307 e. The Morgan fingerprint density at radius 2 is 1.76 bits per heavy atom. The molecule has 1 N–H and O–H groups in total. The van der Waals surface area contributed by atoms with Crippen molar-refractivity contribution in [3.63, 3.8) is 0 Å². The van der Waals surface area contributed by atoms with Gasteiger partial charge in [-0.05, 0) is 30.7 Å². The Balaban J connectivity index is 1.39. The zero-order valence-electron chi connectivity index (χ0n) is 18.4. The zero-order valence-corrected chi connectivity index (χ0v) is 20.0. The molecular formula is C23H28ClN3O5S. The number of nitrogens with zero attached hydrogens (tertiary/aromatic N) is 2. The van der Waals surface area contributed by atoms with Crippen molar-refractivity contribution < 1.29 is 22.7 Å². The average molecular weight is 494 g/mol. The fourth-order valence-electron chi connectivity index (χ4n) is 3.54. The summed E-state index contributed by atoms with van der Waals surface area (Å²) in [5.74, 6) is -0.894. The van der Waals surface area contributed by atoms with Crippen molar-refractivity contribution in [3.05, 3.63) is 65.2 Å². The molecule has 2 aromatic rings. The molecule has 0 bridgehead atoms. The van der Waals surface area contributed by atoms with Gasteiger partial charge < -0.3 is 9.64 Å². The highest BCUT2D eigenvalue weighted by Crippen LogP contribution is 2.15. The van der Waals surface area contributed by atoms with Gasteiger partial charge in [-0.3, -0.25) is 14.5 Å². The molecule has 1 saturated heterocycles. The van der Waals surface area contributed by atoms with E-state index in [1.165, 1.54) is 30.7 Å². The maximum atomic E-state index is 12.7. The second-order valence-corrected chi connectivity index (χ2v) is 10.0. The fourth-order valence-corrected chi connectivity index (χ4v) is 4.87. The lowest BCUT2D eigenvalue weighted by Gasteiger charge is -2.35. The van der Waals surface area contributed by atoms with Crippen LogP contribution in [-0.4, -0.2) is 68.9 Å². The van der Waals surface area contributed by atoms with Gasteiger partial charge in [-0.25, -0.2) is 13.1 Å².